The third-order valence-electron chi connectivity index (χ3n) is 1.90. The van der Waals surface area contributed by atoms with E-state index in [1.165, 1.54) is 12.1 Å². The van der Waals surface area contributed by atoms with Crippen LogP contribution in [-0.2, 0) is 0 Å². The number of rotatable bonds is 1. The first-order chi connectivity index (χ1) is 6.66. The highest BCUT2D eigenvalue weighted by Crippen LogP contribution is 2.33. The van der Waals surface area contributed by atoms with Crippen LogP contribution in [-0.4, -0.2) is 17.2 Å². The number of nitro groups is 1. The molecule has 1 aliphatic heterocycles. The van der Waals surface area contributed by atoms with Crippen molar-refractivity contribution >= 4 is 17.1 Å². The Balaban J connectivity index is 2.47. The summed E-state index contributed by atoms with van der Waals surface area (Å²) in [7, 11) is 0. The number of hydrogen-bond acceptors (Lipinski definition) is 4. The maximum Gasteiger partial charge on any atom is 0.273 e. The molecule has 1 aliphatic rings. The van der Waals surface area contributed by atoms with Crippen molar-refractivity contribution in [3.63, 3.8) is 0 Å². The maximum atomic E-state index is 10.5. The molecule has 5 heteroatoms. The molecule has 1 heterocycles. The number of nitro benzene ring substituents is 1. The molecule has 0 N–H and O–H groups in total. The van der Waals surface area contributed by atoms with Crippen LogP contribution in [0.4, 0.5) is 11.4 Å². The van der Waals surface area contributed by atoms with Crippen LogP contribution in [0.3, 0.4) is 0 Å². The van der Waals surface area contributed by atoms with Crippen LogP contribution < -0.4 is 4.74 Å². The van der Waals surface area contributed by atoms with Gasteiger partial charge in [-0.05, 0) is 13.0 Å². The molecule has 14 heavy (non-hydrogen) atoms. The summed E-state index contributed by atoms with van der Waals surface area (Å²) >= 11 is 0. The highest BCUT2D eigenvalue weighted by Gasteiger charge is 2.14. The van der Waals surface area contributed by atoms with E-state index in [0.717, 1.165) is 5.71 Å². The van der Waals surface area contributed by atoms with Gasteiger partial charge in [-0.25, -0.2) is 0 Å². The lowest BCUT2D eigenvalue weighted by Gasteiger charge is -2.13. The normalized spacial score (nSPS) is 13.9. The van der Waals surface area contributed by atoms with E-state index in [9.17, 15) is 10.1 Å². The van der Waals surface area contributed by atoms with Gasteiger partial charge in [0.2, 0.25) is 0 Å². The van der Waals surface area contributed by atoms with Crippen LogP contribution in [0, 0.1) is 10.1 Å². The maximum absolute atomic E-state index is 10.5. The van der Waals surface area contributed by atoms with Gasteiger partial charge in [-0.3, -0.25) is 15.1 Å². The van der Waals surface area contributed by atoms with Crippen molar-refractivity contribution < 1.29 is 9.66 Å². The Labute approximate surface area is 80.2 Å². The van der Waals surface area contributed by atoms with E-state index in [0.29, 0.717) is 18.0 Å². The zero-order chi connectivity index (χ0) is 10.1. The summed E-state index contributed by atoms with van der Waals surface area (Å²) in [6.45, 7) is 2.25. The molecule has 0 saturated carbocycles. The fourth-order valence-corrected chi connectivity index (χ4v) is 1.24. The number of hydrogen-bond donors (Lipinski definition) is 0. The molecule has 1 aromatic carbocycles. The van der Waals surface area contributed by atoms with E-state index in [1.54, 1.807) is 6.07 Å². The molecular weight excluding hydrogens is 184 g/mol. The molecule has 0 unspecified atom stereocenters. The first-order valence-electron chi connectivity index (χ1n) is 4.12. The molecule has 0 radical (unpaired) electrons. The lowest BCUT2D eigenvalue weighted by Crippen LogP contribution is -2.11. The first kappa shape index (κ1) is 8.68. The second-order valence-electron chi connectivity index (χ2n) is 3.04. The van der Waals surface area contributed by atoms with Gasteiger partial charge in [-0.1, -0.05) is 0 Å². The summed E-state index contributed by atoms with van der Waals surface area (Å²) in [4.78, 5) is 14.2. The zero-order valence-corrected chi connectivity index (χ0v) is 7.56. The molecule has 1 aromatic rings. The van der Waals surface area contributed by atoms with Gasteiger partial charge in [0.25, 0.3) is 5.69 Å². The highest BCUT2D eigenvalue weighted by atomic mass is 16.6. The highest BCUT2D eigenvalue weighted by molar-refractivity contribution is 5.88. The van der Waals surface area contributed by atoms with Gasteiger partial charge in [0.1, 0.15) is 12.3 Å². The van der Waals surface area contributed by atoms with Crippen LogP contribution in [0.2, 0.25) is 0 Å². The summed E-state index contributed by atoms with van der Waals surface area (Å²) in [6.07, 6.45) is 0. The van der Waals surface area contributed by atoms with Gasteiger partial charge >= 0.3 is 0 Å². The van der Waals surface area contributed by atoms with E-state index in [1.807, 2.05) is 6.92 Å². The molecule has 5 nitrogen and oxygen atoms in total. The standard InChI is InChI=1S/C9H8N2O3/c1-6-5-14-9-4-7(11(12)13)2-3-8(9)10-6/h2-4H,5H2,1H3. The smallest absolute Gasteiger partial charge is 0.273 e. The van der Waals surface area contributed by atoms with Crippen LogP contribution in [0.5, 0.6) is 5.75 Å². The number of aliphatic imine (C=N–C) groups is 1. The minimum absolute atomic E-state index is 0.0264. The van der Waals surface area contributed by atoms with E-state index in [2.05, 4.69) is 4.99 Å². The van der Waals surface area contributed by atoms with Crippen molar-refractivity contribution in [2.24, 2.45) is 4.99 Å². The molecule has 0 bridgehead atoms. The summed E-state index contributed by atoms with van der Waals surface area (Å²) < 4.78 is 5.29. The largest absolute Gasteiger partial charge is 0.485 e. The molecule has 0 atom stereocenters. The number of nitrogens with zero attached hydrogens (tertiary/aromatic N) is 2. The topological polar surface area (TPSA) is 64.7 Å². The molecular formula is C9H8N2O3. The van der Waals surface area contributed by atoms with Crippen molar-refractivity contribution in [2.75, 3.05) is 6.61 Å². The van der Waals surface area contributed by atoms with Gasteiger partial charge < -0.3 is 4.74 Å². The third kappa shape index (κ3) is 1.44. The summed E-state index contributed by atoms with van der Waals surface area (Å²) in [5.41, 5.74) is 1.55. The fraction of sp³-hybridized carbons (Fsp3) is 0.222. The monoisotopic (exact) mass is 192 g/mol. The van der Waals surface area contributed by atoms with Crippen molar-refractivity contribution in [1.82, 2.24) is 0 Å². The molecule has 72 valence electrons. The Kier molecular flexibility index (Phi) is 1.92. The quantitative estimate of drug-likeness (QED) is 0.505. The van der Waals surface area contributed by atoms with Gasteiger partial charge in [-0.2, -0.15) is 0 Å². The fourth-order valence-electron chi connectivity index (χ4n) is 1.24. The van der Waals surface area contributed by atoms with E-state index >= 15 is 0 Å². The second-order valence-corrected chi connectivity index (χ2v) is 3.04. The average Bonchev–Trinajstić information content (AvgIpc) is 2.16. The molecule has 0 fully saturated rings. The molecule has 0 saturated heterocycles. The predicted molar refractivity (Wildman–Crippen MR) is 51.4 cm³/mol. The van der Waals surface area contributed by atoms with Crippen LogP contribution >= 0.6 is 0 Å². The molecule has 0 aromatic heterocycles. The first-order valence-corrected chi connectivity index (χ1v) is 4.12. The average molecular weight is 192 g/mol. The Morgan fingerprint density at radius 1 is 1.57 bits per heavy atom. The zero-order valence-electron chi connectivity index (χ0n) is 7.56. The van der Waals surface area contributed by atoms with Crippen LogP contribution in [0.15, 0.2) is 23.2 Å². The van der Waals surface area contributed by atoms with Crippen molar-refractivity contribution in [3.8, 4) is 5.75 Å². The molecule has 2 rings (SSSR count). The van der Waals surface area contributed by atoms with E-state index in [4.69, 9.17) is 4.74 Å². The predicted octanol–water partition coefficient (Wildman–Crippen LogP) is 2.08. The van der Waals surface area contributed by atoms with Gasteiger partial charge in [0.05, 0.1) is 16.7 Å². The number of ether oxygens (including phenoxy) is 1. The van der Waals surface area contributed by atoms with Crippen molar-refractivity contribution in [1.29, 1.82) is 0 Å². The minimum Gasteiger partial charge on any atom is -0.485 e. The Morgan fingerprint density at radius 2 is 2.36 bits per heavy atom. The summed E-state index contributed by atoms with van der Waals surface area (Å²) in [6, 6.07) is 4.41. The molecule has 0 spiro atoms. The van der Waals surface area contributed by atoms with E-state index < -0.39 is 4.92 Å². The number of fused-ring (bicyclic) bond motifs is 1. The Morgan fingerprint density at radius 3 is 3.07 bits per heavy atom. The lowest BCUT2D eigenvalue weighted by molar-refractivity contribution is -0.384. The molecule has 0 aliphatic carbocycles. The summed E-state index contributed by atoms with van der Waals surface area (Å²) in [5, 5.41) is 10.5. The second kappa shape index (κ2) is 3.10. The Hall–Kier alpha value is -1.91. The minimum atomic E-state index is -0.450. The van der Waals surface area contributed by atoms with Gasteiger partial charge in [0.15, 0.2) is 5.75 Å². The van der Waals surface area contributed by atoms with E-state index in [-0.39, 0.29) is 5.69 Å². The molecule has 0 amide bonds. The third-order valence-corrected chi connectivity index (χ3v) is 1.90. The lowest BCUT2D eigenvalue weighted by atomic mass is 10.2. The SMILES string of the molecule is CC1=Nc2ccc([N+](=O)[O-])cc2OC1. The van der Waals surface area contributed by atoms with Crippen molar-refractivity contribution in [3.05, 3.63) is 28.3 Å². The van der Waals surface area contributed by atoms with Crippen molar-refractivity contribution in [2.45, 2.75) is 6.92 Å². The van der Waals surface area contributed by atoms with Crippen LogP contribution in [0.25, 0.3) is 0 Å². The van der Waals surface area contributed by atoms with Crippen LogP contribution in [0.1, 0.15) is 6.92 Å². The van der Waals surface area contributed by atoms with Gasteiger partial charge in [0, 0.05) is 6.07 Å². The summed E-state index contributed by atoms with van der Waals surface area (Å²) in [5.74, 6) is 0.477. The van der Waals surface area contributed by atoms with Gasteiger partial charge in [-0.15, -0.1) is 0 Å². The number of non-ortho nitro benzene ring substituents is 1. The Bertz CT molecular complexity index is 426. The number of benzene rings is 1.